The quantitative estimate of drug-likeness (QED) is 0.715. The van der Waals surface area contributed by atoms with E-state index in [0.717, 1.165) is 58.4 Å². The zero-order valence-corrected chi connectivity index (χ0v) is 16.6. The molecule has 1 aromatic rings. The van der Waals surface area contributed by atoms with E-state index in [1.54, 1.807) is 4.90 Å². The highest BCUT2D eigenvalue weighted by Gasteiger charge is 2.28. The molecule has 2 saturated heterocycles. The average Bonchev–Trinajstić information content (AvgIpc) is 3.08. The molecule has 0 spiro atoms. The first kappa shape index (κ1) is 19.6. The van der Waals surface area contributed by atoms with Crippen LogP contribution in [0.15, 0.2) is 12.1 Å². The molecule has 0 radical (unpaired) electrons. The third kappa shape index (κ3) is 4.63. The van der Waals surface area contributed by atoms with Gasteiger partial charge < -0.3 is 19.1 Å². The Balaban J connectivity index is 1.18. The smallest absolute Gasteiger partial charge is 0.409 e. The summed E-state index contributed by atoms with van der Waals surface area (Å²) < 4.78 is 30.1. The number of fused-ring (bicyclic) bond motifs is 1. The van der Waals surface area contributed by atoms with Crippen LogP contribution < -0.4 is 9.47 Å². The molecule has 0 aromatic heterocycles. The Morgan fingerprint density at radius 1 is 1.18 bits per heavy atom. The van der Waals surface area contributed by atoms with Crippen molar-refractivity contribution in [3.63, 3.8) is 0 Å². The number of benzene rings is 1. The van der Waals surface area contributed by atoms with Crippen LogP contribution in [0.25, 0.3) is 0 Å². The highest BCUT2D eigenvalue weighted by atomic mass is 35.5. The molecule has 28 heavy (non-hydrogen) atoms. The first-order valence-corrected chi connectivity index (χ1v) is 10.4. The maximum Gasteiger partial charge on any atom is 0.409 e. The lowest BCUT2D eigenvalue weighted by molar-refractivity contribution is 0.0467. The van der Waals surface area contributed by atoms with E-state index in [4.69, 9.17) is 25.8 Å². The number of carbonyl (C=O) groups excluding carboxylic acids is 1. The first-order chi connectivity index (χ1) is 13.6. The molecule has 6 nitrogen and oxygen atoms in total. The molecule has 3 heterocycles. The monoisotopic (exact) mass is 412 g/mol. The largest absolute Gasteiger partial charge is 0.484 e. The lowest BCUT2D eigenvalue weighted by Gasteiger charge is -2.36. The maximum atomic E-state index is 13.5. The van der Waals surface area contributed by atoms with E-state index in [9.17, 15) is 9.18 Å². The van der Waals surface area contributed by atoms with Gasteiger partial charge in [0.25, 0.3) is 0 Å². The van der Waals surface area contributed by atoms with Gasteiger partial charge in [0, 0.05) is 19.2 Å². The third-order valence-corrected chi connectivity index (χ3v) is 6.02. The van der Waals surface area contributed by atoms with Gasteiger partial charge in [-0.3, -0.25) is 4.90 Å². The van der Waals surface area contributed by atoms with Crippen LogP contribution in [0.2, 0.25) is 5.02 Å². The highest BCUT2D eigenvalue weighted by Crippen LogP contribution is 2.39. The first-order valence-electron chi connectivity index (χ1n) is 10.0. The Kier molecular flexibility index (Phi) is 6.11. The van der Waals surface area contributed by atoms with E-state index in [-0.39, 0.29) is 17.2 Å². The molecule has 1 amide bonds. The van der Waals surface area contributed by atoms with Gasteiger partial charge in [0.2, 0.25) is 0 Å². The van der Waals surface area contributed by atoms with Crippen LogP contribution in [0.5, 0.6) is 11.5 Å². The zero-order valence-electron chi connectivity index (χ0n) is 15.9. The van der Waals surface area contributed by atoms with Crippen molar-refractivity contribution in [2.75, 3.05) is 45.9 Å². The number of hydrogen-bond acceptors (Lipinski definition) is 5. The standard InChI is InChI=1S/C20H26ClFN2O4/c21-17-10-15(22)11-18-19(17)27-13-16(28-18)12-23-6-3-14(4-7-23)2-1-5-24-8-9-26-20(24)25/h10-11,14,16H,1-9,12-13H2. The Morgan fingerprint density at radius 3 is 2.75 bits per heavy atom. The van der Waals surface area contributed by atoms with Gasteiger partial charge in [0.1, 0.15) is 25.1 Å². The second kappa shape index (κ2) is 8.74. The molecule has 4 rings (SSSR count). The summed E-state index contributed by atoms with van der Waals surface area (Å²) in [6.07, 6.45) is 4.17. The number of ether oxygens (including phenoxy) is 3. The van der Waals surface area contributed by atoms with E-state index < -0.39 is 5.82 Å². The summed E-state index contributed by atoms with van der Waals surface area (Å²) in [6, 6.07) is 2.57. The maximum absolute atomic E-state index is 13.5. The Labute approximate surface area is 169 Å². The Bertz CT molecular complexity index is 712. The number of likely N-dealkylation sites (tertiary alicyclic amines) is 1. The van der Waals surface area contributed by atoms with Crippen LogP contribution in [0.3, 0.4) is 0 Å². The van der Waals surface area contributed by atoms with Crippen LogP contribution >= 0.6 is 11.6 Å². The van der Waals surface area contributed by atoms with E-state index in [2.05, 4.69) is 4.90 Å². The molecular formula is C20H26ClFN2O4. The summed E-state index contributed by atoms with van der Waals surface area (Å²) in [4.78, 5) is 15.6. The number of nitrogens with zero attached hydrogens (tertiary/aromatic N) is 2. The topological polar surface area (TPSA) is 51.2 Å². The Hall–Kier alpha value is -1.73. The van der Waals surface area contributed by atoms with Gasteiger partial charge in [-0.05, 0) is 50.8 Å². The van der Waals surface area contributed by atoms with E-state index in [1.165, 1.54) is 12.1 Å². The van der Waals surface area contributed by atoms with Crippen molar-refractivity contribution in [2.45, 2.75) is 31.8 Å². The number of carbonyl (C=O) groups is 1. The van der Waals surface area contributed by atoms with Gasteiger partial charge in [-0.25, -0.2) is 9.18 Å². The summed E-state index contributed by atoms with van der Waals surface area (Å²) >= 11 is 6.01. The lowest BCUT2D eigenvalue weighted by Crippen LogP contribution is -2.44. The van der Waals surface area contributed by atoms with Crippen LogP contribution in [0.4, 0.5) is 9.18 Å². The number of halogens is 2. The summed E-state index contributed by atoms with van der Waals surface area (Å²) in [5, 5.41) is 0.247. The summed E-state index contributed by atoms with van der Waals surface area (Å²) in [7, 11) is 0. The molecule has 0 bridgehead atoms. The molecule has 2 fully saturated rings. The molecule has 8 heteroatoms. The van der Waals surface area contributed by atoms with Crippen LogP contribution in [-0.4, -0.2) is 67.9 Å². The van der Waals surface area contributed by atoms with Crippen molar-refractivity contribution in [3.05, 3.63) is 23.0 Å². The second-order valence-corrected chi connectivity index (χ2v) is 8.16. The molecule has 3 aliphatic rings. The number of piperidine rings is 1. The summed E-state index contributed by atoms with van der Waals surface area (Å²) in [5.41, 5.74) is 0. The van der Waals surface area contributed by atoms with Gasteiger partial charge in [0.15, 0.2) is 11.5 Å². The summed E-state index contributed by atoms with van der Waals surface area (Å²) in [6.45, 7) is 5.27. The molecular weight excluding hydrogens is 387 g/mol. The fourth-order valence-corrected chi connectivity index (χ4v) is 4.44. The molecule has 3 aliphatic heterocycles. The molecule has 1 unspecified atom stereocenters. The van der Waals surface area contributed by atoms with Crippen molar-refractivity contribution in [3.8, 4) is 11.5 Å². The highest BCUT2D eigenvalue weighted by molar-refractivity contribution is 6.32. The fraction of sp³-hybridized carbons (Fsp3) is 0.650. The van der Waals surface area contributed by atoms with Gasteiger partial charge in [-0.2, -0.15) is 0 Å². The number of hydrogen-bond donors (Lipinski definition) is 0. The molecule has 0 aliphatic carbocycles. The minimum atomic E-state index is -0.420. The van der Waals surface area contributed by atoms with Gasteiger partial charge >= 0.3 is 6.09 Å². The molecule has 0 saturated carbocycles. The molecule has 1 aromatic carbocycles. The lowest BCUT2D eigenvalue weighted by atomic mass is 9.92. The van der Waals surface area contributed by atoms with E-state index >= 15 is 0 Å². The predicted octanol–water partition coefficient (Wildman–Crippen LogP) is 3.56. The normalized spacial score (nSPS) is 23.1. The third-order valence-electron chi connectivity index (χ3n) is 5.74. The number of amides is 1. The number of cyclic esters (lactones) is 1. The Morgan fingerprint density at radius 2 is 2.00 bits per heavy atom. The zero-order chi connectivity index (χ0) is 19.5. The van der Waals surface area contributed by atoms with E-state index in [1.807, 2.05) is 0 Å². The summed E-state index contributed by atoms with van der Waals surface area (Å²) in [5.74, 6) is 1.10. The fourth-order valence-electron chi connectivity index (χ4n) is 4.19. The van der Waals surface area contributed by atoms with Crippen LogP contribution in [0, 0.1) is 11.7 Å². The van der Waals surface area contributed by atoms with E-state index in [0.29, 0.717) is 30.6 Å². The van der Waals surface area contributed by atoms with Gasteiger partial charge in [-0.15, -0.1) is 0 Å². The SMILES string of the molecule is O=C1OCCN1CCCC1CCN(CC2COc3c(Cl)cc(F)cc3O2)CC1. The average molecular weight is 413 g/mol. The van der Waals surface area contributed by atoms with Crippen molar-refractivity contribution < 1.29 is 23.4 Å². The van der Waals surface area contributed by atoms with Crippen LogP contribution in [-0.2, 0) is 4.74 Å². The van der Waals surface area contributed by atoms with Gasteiger partial charge in [0.05, 0.1) is 11.6 Å². The van der Waals surface area contributed by atoms with Crippen molar-refractivity contribution in [2.24, 2.45) is 5.92 Å². The minimum Gasteiger partial charge on any atom is -0.484 e. The van der Waals surface area contributed by atoms with Crippen molar-refractivity contribution in [1.82, 2.24) is 9.80 Å². The molecule has 154 valence electrons. The molecule has 1 atom stereocenters. The second-order valence-electron chi connectivity index (χ2n) is 7.75. The minimum absolute atomic E-state index is 0.122. The predicted molar refractivity (Wildman–Crippen MR) is 103 cm³/mol. The molecule has 0 N–H and O–H groups in total. The number of rotatable bonds is 6. The van der Waals surface area contributed by atoms with Gasteiger partial charge in [-0.1, -0.05) is 11.6 Å². The van der Waals surface area contributed by atoms with Crippen molar-refractivity contribution >= 4 is 17.7 Å². The van der Waals surface area contributed by atoms with Crippen molar-refractivity contribution in [1.29, 1.82) is 0 Å². The van der Waals surface area contributed by atoms with Crippen LogP contribution in [0.1, 0.15) is 25.7 Å².